The number of aromatic nitrogens is 3. The van der Waals surface area contributed by atoms with Crippen molar-refractivity contribution in [3.63, 3.8) is 0 Å². The number of ether oxygens (including phenoxy) is 2. The molecule has 11 nitrogen and oxygen atoms in total. The topological polar surface area (TPSA) is 137 Å². The van der Waals surface area contributed by atoms with Crippen molar-refractivity contribution in [3.8, 4) is 5.88 Å². The van der Waals surface area contributed by atoms with Crippen molar-refractivity contribution in [2.45, 2.75) is 26.8 Å². The molecule has 230 valence electrons. The first-order valence-electron chi connectivity index (χ1n) is 13.2. The Kier molecular flexibility index (Phi) is 11.1. The summed E-state index contributed by atoms with van der Waals surface area (Å²) in [4.78, 5) is 41.6. The van der Waals surface area contributed by atoms with Crippen LogP contribution in [0.15, 0.2) is 57.7 Å². The lowest BCUT2D eigenvalue weighted by Crippen LogP contribution is -2.31. The quantitative estimate of drug-likeness (QED) is 0.169. The Balaban J connectivity index is 2.42. The molecule has 1 atom stereocenters. The second-order valence-corrected chi connectivity index (χ2v) is 10.7. The van der Waals surface area contributed by atoms with Gasteiger partial charge in [0.05, 0.1) is 41.7 Å². The highest BCUT2D eigenvalue weighted by atomic mass is 35.5. The summed E-state index contributed by atoms with van der Waals surface area (Å²) in [5.41, 5.74) is 6.76. The van der Waals surface area contributed by atoms with Gasteiger partial charge in [-0.2, -0.15) is 4.98 Å². The van der Waals surface area contributed by atoms with E-state index in [0.29, 0.717) is 5.95 Å². The summed E-state index contributed by atoms with van der Waals surface area (Å²) >= 11 is 12.3. The molecule has 43 heavy (non-hydrogen) atoms. The number of benzene rings is 1. The summed E-state index contributed by atoms with van der Waals surface area (Å²) in [5, 5.41) is 3.26. The lowest BCUT2D eigenvalue weighted by atomic mass is 9.87. The Morgan fingerprint density at radius 3 is 2.53 bits per heavy atom. The number of hydrogen-bond donors (Lipinski definition) is 2. The number of nitrogens with zero attached hydrogens (tertiary/aromatic N) is 5. The number of anilines is 2. The first-order chi connectivity index (χ1) is 20.3. The van der Waals surface area contributed by atoms with Crippen molar-refractivity contribution in [2.24, 2.45) is 23.7 Å². The fourth-order valence-electron chi connectivity index (χ4n) is 4.13. The summed E-state index contributed by atoms with van der Waals surface area (Å²) < 4.78 is 26.9. The number of pyridine rings is 1. The standard InChI is InChI=1S/C29H34Cl2FN7O4/c1-8-43-28(41)23(33)22(24(15(2)3)36-21-13-34-29(38(4)5)37-26(21)42-7)25(16-9-10-18(31)19(32)11-16)35-20-12-17(30)14-39(6)27(20)40/h9-15,25,35H,8,33H2,1-7H3. The lowest BCUT2D eigenvalue weighted by molar-refractivity contribution is -0.138. The van der Waals surface area contributed by atoms with Crippen molar-refractivity contribution in [2.75, 3.05) is 38.0 Å². The number of nitrogens with one attached hydrogen (secondary N) is 1. The maximum Gasteiger partial charge on any atom is 0.354 e. The normalized spacial score (nSPS) is 13.0. The Bertz CT molecular complexity index is 1620. The highest BCUT2D eigenvalue weighted by Crippen LogP contribution is 2.35. The molecule has 2 heterocycles. The molecule has 3 N–H and O–H groups in total. The number of halogens is 3. The first kappa shape index (κ1) is 33.3. The van der Waals surface area contributed by atoms with Crippen molar-refractivity contribution >= 4 is 52.2 Å². The predicted octanol–water partition coefficient (Wildman–Crippen LogP) is 5.05. The van der Waals surface area contributed by atoms with Gasteiger partial charge in [0.15, 0.2) is 0 Å². The molecule has 0 radical (unpaired) electrons. The van der Waals surface area contributed by atoms with Gasteiger partial charge < -0.3 is 30.0 Å². The molecule has 0 amide bonds. The minimum absolute atomic E-state index is 0.0388. The number of aryl methyl sites for hydroxylation is 1. The van der Waals surface area contributed by atoms with Crippen LogP contribution >= 0.6 is 23.2 Å². The number of rotatable bonds is 11. The van der Waals surface area contributed by atoms with E-state index in [-0.39, 0.29) is 62.4 Å². The summed E-state index contributed by atoms with van der Waals surface area (Å²) in [6.45, 7) is 5.33. The molecular formula is C29H34Cl2FN7O4. The summed E-state index contributed by atoms with van der Waals surface area (Å²) in [6.07, 6.45) is 2.92. The van der Waals surface area contributed by atoms with E-state index in [0.717, 1.165) is 0 Å². The predicted molar refractivity (Wildman–Crippen MR) is 167 cm³/mol. The van der Waals surface area contributed by atoms with Crippen LogP contribution in [0.1, 0.15) is 32.4 Å². The number of carbonyl (C=O) groups excluding carboxylic acids is 1. The van der Waals surface area contributed by atoms with Crippen LogP contribution in [0.3, 0.4) is 0 Å². The molecular weight excluding hydrogens is 600 g/mol. The van der Waals surface area contributed by atoms with Gasteiger partial charge in [-0.05, 0) is 36.6 Å². The van der Waals surface area contributed by atoms with Gasteiger partial charge in [0.25, 0.3) is 5.56 Å². The molecule has 0 fully saturated rings. The third-order valence-corrected chi connectivity index (χ3v) is 6.69. The van der Waals surface area contributed by atoms with Crippen LogP contribution in [-0.2, 0) is 16.6 Å². The van der Waals surface area contributed by atoms with Gasteiger partial charge in [-0.3, -0.25) is 4.79 Å². The molecule has 3 rings (SSSR count). The molecule has 2 aromatic heterocycles. The molecule has 1 aromatic carbocycles. The molecule has 1 unspecified atom stereocenters. The highest BCUT2D eigenvalue weighted by Gasteiger charge is 2.31. The summed E-state index contributed by atoms with van der Waals surface area (Å²) in [7, 11) is 6.53. The average Bonchev–Trinajstić information content (AvgIpc) is 2.95. The molecule has 0 aliphatic carbocycles. The SMILES string of the molecule is CCOC(=O)C(N)=C(C(=Nc1cnc(N(C)C)nc1OC)C(C)C)C(Nc1cc(Cl)cn(C)c1=O)c1ccc(Cl)c(F)c1. The second kappa shape index (κ2) is 14.3. The number of carbonyl (C=O) groups is 1. The Labute approximate surface area is 259 Å². The van der Waals surface area contributed by atoms with E-state index in [9.17, 15) is 14.0 Å². The van der Waals surface area contributed by atoms with Crippen LogP contribution in [-0.4, -0.2) is 54.0 Å². The molecule has 0 spiro atoms. The van der Waals surface area contributed by atoms with Gasteiger partial charge in [0.2, 0.25) is 11.8 Å². The number of nitrogens with two attached hydrogens (primary N) is 1. The van der Waals surface area contributed by atoms with Crippen LogP contribution < -0.4 is 26.2 Å². The Morgan fingerprint density at radius 1 is 1.26 bits per heavy atom. The van der Waals surface area contributed by atoms with Crippen molar-refractivity contribution < 1.29 is 18.7 Å². The van der Waals surface area contributed by atoms with E-state index in [1.54, 1.807) is 32.0 Å². The van der Waals surface area contributed by atoms with E-state index in [2.05, 4.69) is 15.3 Å². The monoisotopic (exact) mass is 633 g/mol. The van der Waals surface area contributed by atoms with E-state index < -0.39 is 23.4 Å². The molecule has 0 saturated carbocycles. The number of methoxy groups -OCH3 is 1. The van der Waals surface area contributed by atoms with Gasteiger partial charge in [-0.15, -0.1) is 0 Å². The lowest BCUT2D eigenvalue weighted by Gasteiger charge is -2.28. The smallest absolute Gasteiger partial charge is 0.354 e. The van der Waals surface area contributed by atoms with Crippen LogP contribution in [0.25, 0.3) is 0 Å². The van der Waals surface area contributed by atoms with Crippen LogP contribution in [0, 0.1) is 11.7 Å². The molecule has 0 aliphatic heterocycles. The second-order valence-electron chi connectivity index (χ2n) is 9.90. The molecule has 0 aliphatic rings. The van der Waals surface area contributed by atoms with Crippen LogP contribution in [0.4, 0.5) is 21.7 Å². The summed E-state index contributed by atoms with van der Waals surface area (Å²) in [5.74, 6) is -1.40. The largest absolute Gasteiger partial charge is 0.479 e. The third kappa shape index (κ3) is 7.82. The first-order valence-corrected chi connectivity index (χ1v) is 14.0. The maximum atomic E-state index is 14.9. The van der Waals surface area contributed by atoms with Crippen molar-refractivity contribution in [1.29, 1.82) is 0 Å². The average molecular weight is 635 g/mol. The summed E-state index contributed by atoms with van der Waals surface area (Å²) in [6, 6.07) is 4.39. The zero-order valence-corrected chi connectivity index (χ0v) is 26.4. The van der Waals surface area contributed by atoms with Gasteiger partial charge in [-0.1, -0.05) is 43.1 Å². The molecule has 0 bridgehead atoms. The Hall–Kier alpha value is -4.16. The fourth-order valence-corrected chi connectivity index (χ4v) is 4.50. The highest BCUT2D eigenvalue weighted by molar-refractivity contribution is 6.31. The van der Waals surface area contributed by atoms with Gasteiger partial charge in [-0.25, -0.2) is 19.2 Å². The minimum atomic E-state index is -1.11. The third-order valence-electron chi connectivity index (χ3n) is 6.18. The van der Waals surface area contributed by atoms with E-state index in [4.69, 9.17) is 43.4 Å². The zero-order chi connectivity index (χ0) is 32.0. The Morgan fingerprint density at radius 2 is 1.95 bits per heavy atom. The van der Waals surface area contributed by atoms with Gasteiger partial charge in [0.1, 0.15) is 22.9 Å². The van der Waals surface area contributed by atoms with Gasteiger partial charge >= 0.3 is 5.97 Å². The molecule has 3 aromatic rings. The van der Waals surface area contributed by atoms with E-state index >= 15 is 0 Å². The number of aliphatic imine (C=N–C) groups is 1. The van der Waals surface area contributed by atoms with E-state index in [1.165, 1.54) is 49.3 Å². The number of esters is 1. The van der Waals surface area contributed by atoms with Crippen LogP contribution in [0.2, 0.25) is 10.0 Å². The zero-order valence-electron chi connectivity index (χ0n) is 24.9. The maximum absolute atomic E-state index is 14.9. The molecule has 14 heteroatoms. The van der Waals surface area contributed by atoms with E-state index in [1.807, 2.05) is 13.8 Å². The van der Waals surface area contributed by atoms with Crippen molar-refractivity contribution in [3.05, 3.63) is 79.7 Å². The van der Waals surface area contributed by atoms with Gasteiger partial charge in [0, 0.05) is 32.9 Å². The number of hydrogen-bond acceptors (Lipinski definition) is 10. The molecule has 0 saturated heterocycles. The van der Waals surface area contributed by atoms with Crippen LogP contribution in [0.5, 0.6) is 5.88 Å². The fraction of sp³-hybridized carbons (Fsp3) is 0.345. The van der Waals surface area contributed by atoms with Crippen molar-refractivity contribution in [1.82, 2.24) is 14.5 Å². The minimum Gasteiger partial charge on any atom is -0.479 e.